The van der Waals surface area contributed by atoms with Crippen LogP contribution in [0.4, 0.5) is 17.1 Å². The van der Waals surface area contributed by atoms with E-state index in [0.717, 1.165) is 39.7 Å². The summed E-state index contributed by atoms with van der Waals surface area (Å²) in [4.78, 5) is 2.25. The summed E-state index contributed by atoms with van der Waals surface area (Å²) in [5, 5.41) is 0. The first-order chi connectivity index (χ1) is 12.8. The SMILES string of the molecule is Cc1cccc(C2OCCO2)c1N1c2ccccc2Oc2ccccc21. The lowest BCUT2D eigenvalue weighted by Gasteiger charge is -2.35. The second-order valence-corrected chi connectivity index (χ2v) is 6.46. The van der Waals surface area contributed by atoms with Crippen LogP contribution in [0.2, 0.25) is 0 Å². The monoisotopic (exact) mass is 345 g/mol. The molecule has 0 N–H and O–H groups in total. The van der Waals surface area contributed by atoms with Crippen LogP contribution in [0.5, 0.6) is 11.5 Å². The number of anilines is 3. The van der Waals surface area contributed by atoms with Crippen molar-refractivity contribution in [2.75, 3.05) is 18.1 Å². The molecule has 0 aliphatic carbocycles. The minimum atomic E-state index is -0.341. The lowest BCUT2D eigenvalue weighted by Crippen LogP contribution is -2.19. The van der Waals surface area contributed by atoms with Crippen molar-refractivity contribution >= 4 is 17.1 Å². The molecule has 4 heteroatoms. The number of aryl methyl sites for hydroxylation is 1. The maximum absolute atomic E-state index is 6.13. The molecule has 0 bridgehead atoms. The molecule has 3 aromatic rings. The molecule has 4 nitrogen and oxygen atoms in total. The quantitative estimate of drug-likeness (QED) is 0.472. The Kier molecular flexibility index (Phi) is 3.66. The highest BCUT2D eigenvalue weighted by Crippen LogP contribution is 2.52. The standard InChI is InChI=1S/C22H19NO3/c1-15-7-6-8-16(22-24-13-14-25-22)21(15)23-17-9-2-4-11-19(17)26-20-12-5-3-10-18(20)23/h2-12,22H,13-14H2,1H3. The van der Waals surface area contributed by atoms with Gasteiger partial charge in [-0.25, -0.2) is 0 Å². The van der Waals surface area contributed by atoms with Crippen molar-refractivity contribution in [3.63, 3.8) is 0 Å². The Morgan fingerprint density at radius 2 is 1.38 bits per heavy atom. The van der Waals surface area contributed by atoms with E-state index >= 15 is 0 Å². The Hall–Kier alpha value is -2.82. The predicted molar refractivity (Wildman–Crippen MR) is 101 cm³/mol. The van der Waals surface area contributed by atoms with Gasteiger partial charge in [0.15, 0.2) is 17.8 Å². The summed E-state index contributed by atoms with van der Waals surface area (Å²) in [6, 6.07) is 22.5. The first kappa shape index (κ1) is 15.4. The highest BCUT2D eigenvalue weighted by atomic mass is 16.7. The van der Waals surface area contributed by atoms with E-state index in [1.165, 1.54) is 0 Å². The molecule has 5 rings (SSSR count). The van der Waals surface area contributed by atoms with Crippen molar-refractivity contribution in [2.24, 2.45) is 0 Å². The van der Waals surface area contributed by atoms with E-state index < -0.39 is 0 Å². The molecule has 26 heavy (non-hydrogen) atoms. The molecule has 0 saturated carbocycles. The second-order valence-electron chi connectivity index (χ2n) is 6.46. The van der Waals surface area contributed by atoms with Gasteiger partial charge >= 0.3 is 0 Å². The lowest BCUT2D eigenvalue weighted by molar-refractivity contribution is -0.0436. The summed E-state index contributed by atoms with van der Waals surface area (Å²) in [7, 11) is 0. The van der Waals surface area contributed by atoms with Gasteiger partial charge in [0, 0.05) is 5.56 Å². The molecular weight excluding hydrogens is 326 g/mol. The van der Waals surface area contributed by atoms with E-state index in [0.29, 0.717) is 13.2 Å². The maximum Gasteiger partial charge on any atom is 0.186 e. The van der Waals surface area contributed by atoms with Crippen LogP contribution in [0, 0.1) is 6.92 Å². The molecule has 0 aromatic heterocycles. The topological polar surface area (TPSA) is 30.9 Å². The molecule has 0 radical (unpaired) electrons. The Morgan fingerprint density at radius 3 is 2.04 bits per heavy atom. The molecular formula is C22H19NO3. The normalized spacial score (nSPS) is 16.1. The molecule has 1 fully saturated rings. The molecule has 3 aromatic carbocycles. The van der Waals surface area contributed by atoms with Gasteiger partial charge < -0.3 is 19.1 Å². The van der Waals surface area contributed by atoms with Crippen LogP contribution in [-0.2, 0) is 9.47 Å². The highest BCUT2D eigenvalue weighted by molar-refractivity contribution is 5.88. The lowest BCUT2D eigenvalue weighted by atomic mass is 10.0. The summed E-state index contributed by atoms with van der Waals surface area (Å²) in [6.07, 6.45) is -0.341. The van der Waals surface area contributed by atoms with E-state index in [1.54, 1.807) is 0 Å². The summed E-state index contributed by atoms with van der Waals surface area (Å²) < 4.78 is 17.8. The number of rotatable bonds is 2. The van der Waals surface area contributed by atoms with E-state index in [4.69, 9.17) is 14.2 Å². The van der Waals surface area contributed by atoms with Crippen molar-refractivity contribution in [3.05, 3.63) is 77.9 Å². The first-order valence-electron chi connectivity index (χ1n) is 8.82. The van der Waals surface area contributed by atoms with Gasteiger partial charge in [-0.2, -0.15) is 0 Å². The first-order valence-corrected chi connectivity index (χ1v) is 8.82. The van der Waals surface area contributed by atoms with Crippen LogP contribution < -0.4 is 9.64 Å². The zero-order valence-corrected chi connectivity index (χ0v) is 14.5. The largest absolute Gasteiger partial charge is 0.453 e. The molecule has 0 atom stereocenters. The molecule has 2 aliphatic rings. The number of fused-ring (bicyclic) bond motifs is 2. The number of benzene rings is 3. The van der Waals surface area contributed by atoms with Crippen LogP contribution in [-0.4, -0.2) is 13.2 Å². The average Bonchev–Trinajstić information content (AvgIpc) is 3.21. The zero-order valence-electron chi connectivity index (χ0n) is 14.5. The van der Waals surface area contributed by atoms with Crippen molar-refractivity contribution in [2.45, 2.75) is 13.2 Å². The Balaban J connectivity index is 1.77. The number of ether oxygens (including phenoxy) is 3. The molecule has 130 valence electrons. The number of para-hydroxylation sites is 5. The van der Waals surface area contributed by atoms with E-state index in [-0.39, 0.29) is 6.29 Å². The van der Waals surface area contributed by atoms with Crippen molar-refractivity contribution in [1.29, 1.82) is 0 Å². The number of nitrogens with zero attached hydrogens (tertiary/aromatic N) is 1. The van der Waals surface area contributed by atoms with Crippen molar-refractivity contribution in [1.82, 2.24) is 0 Å². The van der Waals surface area contributed by atoms with Gasteiger partial charge in [0.05, 0.1) is 30.3 Å². The fraction of sp³-hybridized carbons (Fsp3) is 0.182. The highest BCUT2D eigenvalue weighted by Gasteiger charge is 2.31. The third kappa shape index (κ3) is 2.38. The van der Waals surface area contributed by atoms with Crippen LogP contribution in [0.15, 0.2) is 66.7 Å². The Labute approximate surface area is 152 Å². The zero-order chi connectivity index (χ0) is 17.5. The van der Waals surface area contributed by atoms with Crippen LogP contribution in [0.1, 0.15) is 17.4 Å². The minimum Gasteiger partial charge on any atom is -0.453 e. The maximum atomic E-state index is 6.13. The smallest absolute Gasteiger partial charge is 0.186 e. The third-order valence-electron chi connectivity index (χ3n) is 4.80. The number of hydrogen-bond donors (Lipinski definition) is 0. The second kappa shape index (κ2) is 6.16. The Morgan fingerprint density at radius 1 is 0.769 bits per heavy atom. The van der Waals surface area contributed by atoms with E-state index in [2.05, 4.69) is 42.2 Å². The van der Waals surface area contributed by atoms with Gasteiger partial charge in [-0.15, -0.1) is 0 Å². The van der Waals surface area contributed by atoms with Gasteiger partial charge in [0.2, 0.25) is 0 Å². The predicted octanol–water partition coefficient (Wildman–Crippen LogP) is 5.62. The average molecular weight is 345 g/mol. The molecule has 0 amide bonds. The fourth-order valence-electron chi connectivity index (χ4n) is 3.66. The van der Waals surface area contributed by atoms with Crippen LogP contribution >= 0.6 is 0 Å². The van der Waals surface area contributed by atoms with E-state index in [9.17, 15) is 0 Å². The van der Waals surface area contributed by atoms with Gasteiger partial charge in [-0.3, -0.25) is 0 Å². The minimum absolute atomic E-state index is 0.341. The molecule has 2 heterocycles. The molecule has 1 saturated heterocycles. The molecule has 2 aliphatic heterocycles. The van der Waals surface area contributed by atoms with Crippen molar-refractivity contribution < 1.29 is 14.2 Å². The summed E-state index contributed by atoms with van der Waals surface area (Å²) >= 11 is 0. The van der Waals surface area contributed by atoms with Crippen LogP contribution in [0.25, 0.3) is 0 Å². The van der Waals surface area contributed by atoms with Crippen molar-refractivity contribution in [3.8, 4) is 11.5 Å². The summed E-state index contributed by atoms with van der Waals surface area (Å²) in [6.45, 7) is 3.36. The van der Waals surface area contributed by atoms with Gasteiger partial charge in [0.1, 0.15) is 0 Å². The Bertz CT molecular complexity index is 918. The third-order valence-corrected chi connectivity index (χ3v) is 4.80. The molecule has 0 unspecified atom stereocenters. The summed E-state index contributed by atoms with van der Waals surface area (Å²) in [5.41, 5.74) is 5.31. The molecule has 0 spiro atoms. The fourth-order valence-corrected chi connectivity index (χ4v) is 3.66. The van der Waals surface area contributed by atoms with Crippen LogP contribution in [0.3, 0.4) is 0 Å². The van der Waals surface area contributed by atoms with Gasteiger partial charge in [-0.1, -0.05) is 42.5 Å². The summed E-state index contributed by atoms with van der Waals surface area (Å²) in [5.74, 6) is 1.68. The van der Waals surface area contributed by atoms with E-state index in [1.807, 2.05) is 36.4 Å². The number of hydrogen-bond acceptors (Lipinski definition) is 4. The van der Waals surface area contributed by atoms with Gasteiger partial charge in [0.25, 0.3) is 0 Å². The van der Waals surface area contributed by atoms with Gasteiger partial charge in [-0.05, 0) is 36.8 Å².